The number of nitrogens with one attached hydrogen (secondary N) is 2. The minimum absolute atomic E-state index is 0.0357. The van der Waals surface area contributed by atoms with Gasteiger partial charge in [0.2, 0.25) is 0 Å². The summed E-state index contributed by atoms with van der Waals surface area (Å²) in [5.74, 6) is -3.99. The highest BCUT2D eigenvalue weighted by atomic mass is 79.9. The monoisotopic (exact) mass is 502 g/mol. The van der Waals surface area contributed by atoms with Gasteiger partial charge in [0.25, 0.3) is 11.8 Å². The lowest BCUT2D eigenvalue weighted by molar-refractivity contribution is 0.0949. The summed E-state index contributed by atoms with van der Waals surface area (Å²) >= 11 is 3.04. The number of pyridine rings is 1. The highest BCUT2D eigenvalue weighted by molar-refractivity contribution is 9.10. The van der Waals surface area contributed by atoms with Crippen molar-refractivity contribution in [1.82, 2.24) is 14.7 Å². The molecule has 2 N–H and O–H groups in total. The minimum Gasteiger partial charge on any atom is -0.348 e. The highest BCUT2D eigenvalue weighted by Crippen LogP contribution is 2.26. The average Bonchev–Trinajstić information content (AvgIpc) is 3.21. The summed E-state index contributed by atoms with van der Waals surface area (Å²) in [4.78, 5) is 29.3. The molecule has 0 aliphatic rings. The van der Waals surface area contributed by atoms with Gasteiger partial charge in [-0.2, -0.15) is 0 Å². The van der Waals surface area contributed by atoms with Gasteiger partial charge in [0.15, 0.2) is 17.5 Å². The fraction of sp³-hybridized carbons (Fsp3) is 0.0455. The fourth-order valence-corrected chi connectivity index (χ4v) is 3.49. The molecule has 0 bridgehead atoms. The second-order valence-electron chi connectivity index (χ2n) is 6.78. The van der Waals surface area contributed by atoms with E-state index in [0.717, 1.165) is 12.1 Å². The number of benzene rings is 2. The van der Waals surface area contributed by atoms with E-state index in [0.29, 0.717) is 11.2 Å². The number of aromatic nitrogens is 2. The van der Waals surface area contributed by atoms with Gasteiger partial charge in [-0.1, -0.05) is 12.1 Å². The van der Waals surface area contributed by atoms with Gasteiger partial charge >= 0.3 is 0 Å². The lowest BCUT2D eigenvalue weighted by Crippen LogP contribution is -2.23. The maximum atomic E-state index is 14.6. The quantitative estimate of drug-likeness (QED) is 0.415. The number of carbonyl (C=O) groups is 2. The Kier molecular flexibility index (Phi) is 5.95. The van der Waals surface area contributed by atoms with E-state index >= 15 is 0 Å². The molecule has 4 rings (SSSR count). The smallest absolute Gasteiger partial charge is 0.274 e. The highest BCUT2D eigenvalue weighted by Gasteiger charge is 2.18. The largest absolute Gasteiger partial charge is 0.348 e. The third-order valence-corrected chi connectivity index (χ3v) is 5.20. The third-order valence-electron chi connectivity index (χ3n) is 4.63. The first-order valence-corrected chi connectivity index (χ1v) is 10.1. The van der Waals surface area contributed by atoms with Crippen LogP contribution in [0.5, 0.6) is 0 Å². The summed E-state index contributed by atoms with van der Waals surface area (Å²) in [6, 6.07) is 10.9. The van der Waals surface area contributed by atoms with Gasteiger partial charge < -0.3 is 10.6 Å². The van der Waals surface area contributed by atoms with Crippen LogP contribution in [0.3, 0.4) is 0 Å². The Morgan fingerprint density at radius 3 is 2.59 bits per heavy atom. The molecule has 2 amide bonds. The molecule has 0 radical (unpaired) electrons. The normalized spacial score (nSPS) is 10.9. The number of hydrogen-bond donors (Lipinski definition) is 2. The van der Waals surface area contributed by atoms with Crippen molar-refractivity contribution in [2.45, 2.75) is 6.54 Å². The summed E-state index contributed by atoms with van der Waals surface area (Å²) in [6.45, 7) is -0.0749. The molecule has 0 atom stereocenters. The van der Waals surface area contributed by atoms with E-state index < -0.39 is 29.3 Å². The maximum absolute atomic E-state index is 14.6. The van der Waals surface area contributed by atoms with E-state index in [-0.39, 0.29) is 28.0 Å². The molecule has 4 aromatic rings. The molecular weight excluding hydrogens is 489 g/mol. The van der Waals surface area contributed by atoms with Gasteiger partial charge in [-0.05, 0) is 57.9 Å². The van der Waals surface area contributed by atoms with E-state index in [4.69, 9.17) is 0 Å². The maximum Gasteiger partial charge on any atom is 0.274 e. The zero-order valence-electron chi connectivity index (χ0n) is 16.2. The Labute approximate surface area is 188 Å². The first-order valence-electron chi connectivity index (χ1n) is 9.28. The Morgan fingerprint density at radius 1 is 1.00 bits per heavy atom. The number of hydrogen-bond acceptors (Lipinski definition) is 3. The van der Waals surface area contributed by atoms with Crippen LogP contribution >= 0.6 is 15.9 Å². The van der Waals surface area contributed by atoms with Crippen LogP contribution in [0.1, 0.15) is 26.4 Å². The van der Waals surface area contributed by atoms with Crippen molar-refractivity contribution in [3.05, 3.63) is 99.7 Å². The van der Waals surface area contributed by atoms with Crippen LogP contribution in [-0.2, 0) is 6.54 Å². The number of nitrogens with zero attached hydrogens (tertiary/aromatic N) is 2. The molecular formula is C22H14BrF3N4O2. The number of halogens is 4. The Balaban J connectivity index is 1.53. The molecule has 32 heavy (non-hydrogen) atoms. The van der Waals surface area contributed by atoms with Crippen LogP contribution in [0, 0.1) is 17.5 Å². The van der Waals surface area contributed by atoms with Crippen molar-refractivity contribution < 1.29 is 22.8 Å². The predicted molar refractivity (Wildman–Crippen MR) is 115 cm³/mol. The third kappa shape index (κ3) is 4.35. The average molecular weight is 503 g/mol. The number of rotatable bonds is 5. The molecule has 0 unspecified atom stereocenters. The van der Waals surface area contributed by atoms with Gasteiger partial charge in [-0.15, -0.1) is 0 Å². The van der Waals surface area contributed by atoms with Crippen molar-refractivity contribution in [3.8, 4) is 0 Å². The standard InChI is InChI=1S/C22H14BrF3N4O2/c23-14-8-13(21(31)28-10-12-4-5-15(24)16(25)7-12)9-17(20(14)26)29-22(32)18-11-27-19-3-1-2-6-30(18)19/h1-9,11H,10H2,(H,28,31)(H,29,32). The SMILES string of the molecule is O=C(NCc1ccc(F)c(F)c1)c1cc(Br)c(F)c(NC(=O)c2cnc3ccccn23)c1. The van der Waals surface area contributed by atoms with E-state index in [2.05, 4.69) is 31.5 Å². The number of fused-ring (bicyclic) bond motifs is 1. The van der Waals surface area contributed by atoms with Gasteiger partial charge in [0, 0.05) is 18.3 Å². The minimum atomic E-state index is -1.03. The van der Waals surface area contributed by atoms with Crippen molar-refractivity contribution in [2.75, 3.05) is 5.32 Å². The molecule has 2 heterocycles. The van der Waals surface area contributed by atoms with E-state index in [1.165, 1.54) is 24.4 Å². The molecule has 2 aromatic heterocycles. The molecule has 0 fully saturated rings. The predicted octanol–water partition coefficient (Wildman–Crippen LogP) is 4.70. The van der Waals surface area contributed by atoms with Crippen LogP contribution < -0.4 is 10.6 Å². The number of imidazole rings is 1. The van der Waals surface area contributed by atoms with Crippen molar-refractivity contribution in [1.29, 1.82) is 0 Å². The van der Waals surface area contributed by atoms with Crippen LogP contribution in [0.2, 0.25) is 0 Å². The lowest BCUT2D eigenvalue weighted by atomic mass is 10.1. The summed E-state index contributed by atoms with van der Waals surface area (Å²) in [6.07, 6.45) is 3.00. The first kappa shape index (κ1) is 21.6. The molecule has 0 saturated carbocycles. The zero-order chi connectivity index (χ0) is 22.8. The molecule has 0 aliphatic heterocycles. The van der Waals surface area contributed by atoms with Crippen LogP contribution in [0.25, 0.3) is 5.65 Å². The van der Waals surface area contributed by atoms with Gasteiger partial charge in [0.1, 0.15) is 11.3 Å². The van der Waals surface area contributed by atoms with E-state index in [9.17, 15) is 22.8 Å². The second kappa shape index (κ2) is 8.83. The molecule has 6 nitrogen and oxygen atoms in total. The molecule has 0 saturated heterocycles. The van der Waals surface area contributed by atoms with Crippen molar-refractivity contribution in [3.63, 3.8) is 0 Å². The number of anilines is 1. The zero-order valence-corrected chi connectivity index (χ0v) is 17.8. The van der Waals surface area contributed by atoms with Crippen LogP contribution in [0.15, 0.2) is 65.4 Å². The van der Waals surface area contributed by atoms with Gasteiger partial charge in [-0.25, -0.2) is 18.2 Å². The lowest BCUT2D eigenvalue weighted by Gasteiger charge is -2.11. The summed E-state index contributed by atoms with van der Waals surface area (Å²) in [5, 5.41) is 5.00. The molecule has 2 aromatic carbocycles. The Morgan fingerprint density at radius 2 is 1.81 bits per heavy atom. The number of amides is 2. The summed E-state index contributed by atoms with van der Waals surface area (Å²) in [7, 11) is 0. The van der Waals surface area contributed by atoms with Gasteiger partial charge in [0.05, 0.1) is 16.4 Å². The molecule has 0 spiro atoms. The first-order chi connectivity index (χ1) is 15.3. The molecule has 10 heteroatoms. The Hall–Kier alpha value is -3.66. The van der Waals surface area contributed by atoms with Gasteiger partial charge in [-0.3, -0.25) is 14.0 Å². The van der Waals surface area contributed by atoms with E-state index in [1.807, 2.05) is 0 Å². The molecule has 162 valence electrons. The topological polar surface area (TPSA) is 75.5 Å². The van der Waals surface area contributed by atoms with Crippen LogP contribution in [-0.4, -0.2) is 21.2 Å². The van der Waals surface area contributed by atoms with Crippen molar-refractivity contribution in [2.24, 2.45) is 0 Å². The second-order valence-corrected chi connectivity index (χ2v) is 7.63. The molecule has 0 aliphatic carbocycles. The Bertz CT molecular complexity index is 1360. The van der Waals surface area contributed by atoms with Crippen molar-refractivity contribution >= 4 is 39.1 Å². The summed E-state index contributed by atoms with van der Waals surface area (Å²) < 4.78 is 42.5. The fourth-order valence-electron chi connectivity index (χ4n) is 3.03. The summed E-state index contributed by atoms with van der Waals surface area (Å²) in [5.41, 5.74) is 0.913. The van der Waals surface area contributed by atoms with E-state index in [1.54, 1.807) is 28.8 Å². The number of carbonyl (C=O) groups excluding carboxylic acids is 2. The van der Waals surface area contributed by atoms with Crippen LogP contribution in [0.4, 0.5) is 18.9 Å².